The first kappa shape index (κ1) is 19.4. The van der Waals surface area contributed by atoms with E-state index >= 15 is 0 Å². The van der Waals surface area contributed by atoms with Gasteiger partial charge in [0.25, 0.3) is 0 Å². The highest BCUT2D eigenvalue weighted by Gasteiger charge is 2.30. The molecule has 1 aliphatic heterocycles. The summed E-state index contributed by atoms with van der Waals surface area (Å²) in [6.45, 7) is 7.40. The lowest BCUT2D eigenvalue weighted by Crippen LogP contribution is -2.42. The Morgan fingerprint density at radius 3 is 2.44 bits per heavy atom. The van der Waals surface area contributed by atoms with Crippen LogP contribution in [0.15, 0.2) is 24.3 Å². The molecule has 1 heterocycles. The lowest BCUT2D eigenvalue weighted by atomic mass is 9.97. The highest BCUT2D eigenvalue weighted by Crippen LogP contribution is 2.31. The van der Waals surface area contributed by atoms with Crippen molar-refractivity contribution in [1.82, 2.24) is 5.32 Å². The number of halogens is 3. The first-order valence-corrected chi connectivity index (χ1v) is 8.44. The van der Waals surface area contributed by atoms with E-state index in [1.807, 2.05) is 0 Å². The highest BCUT2D eigenvalue weighted by atomic mass is 19.4. The fourth-order valence-corrected chi connectivity index (χ4v) is 2.87. The molecule has 1 saturated heterocycles. The second kappa shape index (κ2) is 7.54. The number of alkyl halides is 3. The molecule has 0 unspecified atom stereocenters. The Bertz CT molecular complexity index is 579. The number of anilines is 1. The molecule has 1 aliphatic rings. The number of piperidine rings is 1. The van der Waals surface area contributed by atoms with E-state index in [9.17, 15) is 18.0 Å². The Balaban J connectivity index is 1.89. The molecule has 0 bridgehead atoms. The normalized spacial score (nSPS) is 18.8. The van der Waals surface area contributed by atoms with Crippen LogP contribution in [0.2, 0.25) is 0 Å². The maximum absolute atomic E-state index is 12.7. The average molecular weight is 358 g/mol. The third-order valence-corrected chi connectivity index (χ3v) is 4.01. The molecule has 0 radical (unpaired) electrons. The van der Waals surface area contributed by atoms with Crippen molar-refractivity contribution in [3.05, 3.63) is 29.8 Å². The molecule has 1 N–H and O–H groups in total. The average Bonchev–Trinajstić information content (AvgIpc) is 2.51. The summed E-state index contributed by atoms with van der Waals surface area (Å²) in [4.78, 5) is 13.8. The Hall–Kier alpha value is -1.92. The van der Waals surface area contributed by atoms with E-state index in [0.717, 1.165) is 37.2 Å². The van der Waals surface area contributed by atoms with Gasteiger partial charge in [-0.3, -0.25) is 0 Å². The number of rotatable bonds is 3. The zero-order valence-electron chi connectivity index (χ0n) is 14.8. The van der Waals surface area contributed by atoms with Crippen molar-refractivity contribution in [1.29, 1.82) is 0 Å². The smallest absolute Gasteiger partial charge is 0.416 e. The van der Waals surface area contributed by atoms with E-state index in [0.29, 0.717) is 13.1 Å². The highest BCUT2D eigenvalue weighted by molar-refractivity contribution is 5.67. The van der Waals surface area contributed by atoms with E-state index < -0.39 is 23.4 Å². The molecule has 4 nitrogen and oxygen atoms in total. The second-order valence-corrected chi connectivity index (χ2v) is 7.38. The monoisotopic (exact) mass is 358 g/mol. The molecule has 7 heteroatoms. The first-order valence-electron chi connectivity index (χ1n) is 8.44. The van der Waals surface area contributed by atoms with Crippen LogP contribution in [0.25, 0.3) is 0 Å². The number of carbonyl (C=O) groups excluding carboxylic acids is 1. The number of nitrogens with one attached hydrogen (secondary N) is 1. The topological polar surface area (TPSA) is 41.6 Å². The van der Waals surface area contributed by atoms with Gasteiger partial charge in [0.15, 0.2) is 0 Å². The third kappa shape index (κ3) is 6.14. The van der Waals surface area contributed by atoms with Gasteiger partial charge in [-0.05, 0) is 63.8 Å². The summed E-state index contributed by atoms with van der Waals surface area (Å²) in [6, 6.07) is 5.23. The standard InChI is InChI=1S/C18H25F3N2O2/c1-17(2,3)25-16(24)22-11-13-5-4-10-23(12-13)15-8-6-14(7-9-15)18(19,20)21/h6-9,13H,4-5,10-12H2,1-3H3,(H,22,24)/t13-/m0/s1. The number of benzene rings is 1. The number of hydrogen-bond acceptors (Lipinski definition) is 3. The van der Waals surface area contributed by atoms with Gasteiger partial charge in [0, 0.05) is 25.3 Å². The molecule has 1 fully saturated rings. The minimum atomic E-state index is -4.32. The largest absolute Gasteiger partial charge is 0.444 e. The molecular weight excluding hydrogens is 333 g/mol. The Morgan fingerprint density at radius 2 is 1.88 bits per heavy atom. The molecule has 0 aromatic heterocycles. The van der Waals surface area contributed by atoms with Crippen LogP contribution < -0.4 is 10.2 Å². The van der Waals surface area contributed by atoms with Gasteiger partial charge in [-0.25, -0.2) is 4.79 Å². The van der Waals surface area contributed by atoms with Crippen LogP contribution >= 0.6 is 0 Å². The Morgan fingerprint density at radius 1 is 1.24 bits per heavy atom. The van der Waals surface area contributed by atoms with Crippen LogP contribution in [0.4, 0.5) is 23.7 Å². The molecule has 25 heavy (non-hydrogen) atoms. The Kier molecular flexibility index (Phi) is 5.85. The maximum Gasteiger partial charge on any atom is 0.416 e. The summed E-state index contributed by atoms with van der Waals surface area (Å²) in [5.74, 6) is 0.239. The lowest BCUT2D eigenvalue weighted by molar-refractivity contribution is -0.137. The number of nitrogens with zero attached hydrogens (tertiary/aromatic N) is 1. The predicted molar refractivity (Wildman–Crippen MR) is 90.6 cm³/mol. The summed E-state index contributed by atoms with van der Waals surface area (Å²) < 4.78 is 43.2. The van der Waals surface area contributed by atoms with Gasteiger partial charge in [0.2, 0.25) is 0 Å². The zero-order chi connectivity index (χ0) is 18.7. The fourth-order valence-electron chi connectivity index (χ4n) is 2.87. The van der Waals surface area contributed by atoms with Gasteiger partial charge in [0.1, 0.15) is 5.60 Å². The van der Waals surface area contributed by atoms with Crippen molar-refractivity contribution in [2.75, 3.05) is 24.5 Å². The zero-order valence-corrected chi connectivity index (χ0v) is 14.8. The van der Waals surface area contributed by atoms with Crippen molar-refractivity contribution in [2.45, 2.75) is 45.4 Å². The summed E-state index contributed by atoms with van der Waals surface area (Å²) in [5, 5.41) is 2.77. The van der Waals surface area contributed by atoms with E-state index in [1.165, 1.54) is 12.1 Å². The summed E-state index contributed by atoms with van der Waals surface area (Å²) >= 11 is 0. The molecule has 0 saturated carbocycles. The molecule has 0 aliphatic carbocycles. The van der Waals surface area contributed by atoms with Gasteiger partial charge in [-0.2, -0.15) is 13.2 Å². The van der Waals surface area contributed by atoms with Gasteiger partial charge in [0.05, 0.1) is 5.56 Å². The quantitative estimate of drug-likeness (QED) is 0.868. The van der Waals surface area contributed by atoms with Crippen LogP contribution in [-0.2, 0) is 10.9 Å². The van der Waals surface area contributed by atoms with Gasteiger partial charge < -0.3 is 15.0 Å². The van der Waals surface area contributed by atoms with Crippen molar-refractivity contribution in [2.24, 2.45) is 5.92 Å². The van der Waals surface area contributed by atoms with Gasteiger partial charge >= 0.3 is 12.3 Å². The maximum atomic E-state index is 12.7. The second-order valence-electron chi connectivity index (χ2n) is 7.38. The molecule has 1 aromatic rings. The van der Waals surface area contributed by atoms with Crippen LogP contribution in [-0.4, -0.2) is 31.3 Å². The number of hydrogen-bond donors (Lipinski definition) is 1. The molecule has 0 spiro atoms. The fraction of sp³-hybridized carbons (Fsp3) is 0.611. The number of alkyl carbamates (subject to hydrolysis) is 1. The minimum Gasteiger partial charge on any atom is -0.444 e. The summed E-state index contributed by atoms with van der Waals surface area (Å²) in [7, 11) is 0. The van der Waals surface area contributed by atoms with Crippen molar-refractivity contribution in [3.63, 3.8) is 0 Å². The van der Waals surface area contributed by atoms with Crippen LogP contribution in [0.1, 0.15) is 39.2 Å². The SMILES string of the molecule is CC(C)(C)OC(=O)NC[C@@H]1CCCN(c2ccc(C(F)(F)F)cc2)C1. The third-order valence-electron chi connectivity index (χ3n) is 4.01. The predicted octanol–water partition coefficient (Wildman–Crippen LogP) is 4.45. The number of carbonyl (C=O) groups is 1. The van der Waals surface area contributed by atoms with Gasteiger partial charge in [-0.1, -0.05) is 0 Å². The number of amides is 1. The number of ether oxygens (including phenoxy) is 1. The van der Waals surface area contributed by atoms with Crippen LogP contribution in [0.5, 0.6) is 0 Å². The van der Waals surface area contributed by atoms with Crippen LogP contribution in [0, 0.1) is 5.92 Å². The van der Waals surface area contributed by atoms with E-state index in [2.05, 4.69) is 10.2 Å². The summed E-state index contributed by atoms with van der Waals surface area (Å²) in [6.07, 6.45) is -2.87. The van der Waals surface area contributed by atoms with E-state index in [4.69, 9.17) is 4.74 Å². The minimum absolute atomic E-state index is 0.239. The Labute approximate surface area is 146 Å². The van der Waals surface area contributed by atoms with Crippen molar-refractivity contribution < 1.29 is 22.7 Å². The molecular formula is C18H25F3N2O2. The summed E-state index contributed by atoms with van der Waals surface area (Å²) in [5.41, 5.74) is -0.408. The lowest BCUT2D eigenvalue weighted by Gasteiger charge is -2.34. The molecule has 1 amide bonds. The van der Waals surface area contributed by atoms with Crippen molar-refractivity contribution in [3.8, 4) is 0 Å². The molecule has 2 rings (SSSR count). The molecule has 140 valence electrons. The van der Waals surface area contributed by atoms with Gasteiger partial charge in [-0.15, -0.1) is 0 Å². The molecule has 1 aromatic carbocycles. The molecule has 1 atom stereocenters. The van der Waals surface area contributed by atoms with Crippen LogP contribution in [0.3, 0.4) is 0 Å². The first-order chi connectivity index (χ1) is 11.5. The van der Waals surface area contributed by atoms with E-state index in [-0.39, 0.29) is 5.92 Å². The van der Waals surface area contributed by atoms with E-state index in [1.54, 1.807) is 20.8 Å². The van der Waals surface area contributed by atoms with Crippen molar-refractivity contribution >= 4 is 11.8 Å².